The van der Waals surface area contributed by atoms with Crippen LogP contribution >= 0.6 is 0 Å². The number of hydrogen-bond donors (Lipinski definition) is 1. The third-order valence-electron chi connectivity index (χ3n) is 4.38. The Hall–Kier alpha value is -3.02. The zero-order valence-electron chi connectivity index (χ0n) is 16.7. The van der Waals surface area contributed by atoms with Crippen molar-refractivity contribution in [2.45, 2.75) is 40.7 Å². The first-order valence-electron chi connectivity index (χ1n) is 9.02. The molecule has 0 radical (unpaired) electrons. The summed E-state index contributed by atoms with van der Waals surface area (Å²) >= 11 is 0. The molecule has 0 atom stereocenters. The number of Topliss-reactive ketones (excluding diaryl/α,β-unsaturated/α-hetero) is 1. The topological polar surface area (TPSA) is 82.1 Å². The van der Waals surface area contributed by atoms with Crippen LogP contribution in [0.4, 0.5) is 0 Å². The van der Waals surface area contributed by atoms with Gasteiger partial charge in [-0.25, -0.2) is 4.79 Å². The van der Waals surface area contributed by atoms with Crippen LogP contribution in [0.2, 0.25) is 0 Å². The van der Waals surface area contributed by atoms with E-state index < -0.39 is 5.97 Å². The van der Waals surface area contributed by atoms with Gasteiger partial charge in [-0.2, -0.15) is 0 Å². The van der Waals surface area contributed by atoms with Crippen molar-refractivity contribution in [3.63, 3.8) is 0 Å². The van der Waals surface area contributed by atoms with Crippen molar-refractivity contribution in [3.05, 3.63) is 46.5 Å². The molecule has 6 nitrogen and oxygen atoms in total. The number of ketones is 1. The number of phenols is 1. The van der Waals surface area contributed by atoms with Gasteiger partial charge in [-0.05, 0) is 42.2 Å². The van der Waals surface area contributed by atoms with Crippen molar-refractivity contribution >= 4 is 11.8 Å². The molecule has 0 amide bonds. The molecule has 1 aliphatic heterocycles. The second-order valence-corrected chi connectivity index (χ2v) is 8.13. The Morgan fingerprint density at radius 3 is 2.61 bits per heavy atom. The standard InChI is InChI=1S/C22H24O6/c1-12-8-13-11-27-21(25)18-17(28-19(13)15(23)9-12)7-6-14(20(18)26-5)16(24)10-22(2,3)4/h6-9,23H,10-11H2,1-5H3. The van der Waals surface area contributed by atoms with Gasteiger partial charge in [-0.3, -0.25) is 4.79 Å². The predicted octanol–water partition coefficient (Wildman–Crippen LogP) is 4.79. The Bertz CT molecular complexity index is 952. The minimum absolute atomic E-state index is 0.0351. The summed E-state index contributed by atoms with van der Waals surface area (Å²) < 4.78 is 16.7. The largest absolute Gasteiger partial charge is 0.504 e. The number of fused-ring (bicyclic) bond motifs is 2. The number of cyclic esters (lactones) is 1. The molecule has 2 aromatic rings. The molecular weight excluding hydrogens is 360 g/mol. The Morgan fingerprint density at radius 2 is 1.96 bits per heavy atom. The van der Waals surface area contributed by atoms with Crippen LogP contribution in [0.1, 0.15) is 59.0 Å². The molecule has 0 spiro atoms. The molecule has 0 aromatic heterocycles. The molecule has 28 heavy (non-hydrogen) atoms. The van der Waals surface area contributed by atoms with Gasteiger partial charge in [0.2, 0.25) is 0 Å². The fraction of sp³-hybridized carbons (Fsp3) is 0.364. The monoisotopic (exact) mass is 384 g/mol. The number of aromatic hydroxyl groups is 1. The molecule has 1 heterocycles. The number of carbonyl (C=O) groups excluding carboxylic acids is 2. The van der Waals surface area contributed by atoms with Crippen LogP contribution in [0.15, 0.2) is 24.3 Å². The number of esters is 1. The van der Waals surface area contributed by atoms with Crippen molar-refractivity contribution in [1.82, 2.24) is 0 Å². The van der Waals surface area contributed by atoms with E-state index in [0.29, 0.717) is 17.5 Å². The summed E-state index contributed by atoms with van der Waals surface area (Å²) in [6.45, 7) is 7.65. The average Bonchev–Trinajstić information content (AvgIpc) is 2.58. The molecule has 1 aliphatic rings. The van der Waals surface area contributed by atoms with E-state index in [-0.39, 0.29) is 46.4 Å². The van der Waals surface area contributed by atoms with E-state index in [0.717, 1.165) is 5.56 Å². The minimum atomic E-state index is -0.649. The maximum Gasteiger partial charge on any atom is 0.346 e. The van der Waals surface area contributed by atoms with Crippen molar-refractivity contribution in [3.8, 4) is 23.0 Å². The number of benzene rings is 2. The van der Waals surface area contributed by atoms with E-state index in [1.54, 1.807) is 18.2 Å². The van der Waals surface area contributed by atoms with E-state index in [1.807, 2.05) is 27.7 Å². The molecule has 0 unspecified atom stereocenters. The summed E-state index contributed by atoms with van der Waals surface area (Å²) in [6.07, 6.45) is 0.293. The summed E-state index contributed by atoms with van der Waals surface area (Å²) in [5.41, 5.74) is 1.49. The Labute approximate surface area is 164 Å². The first kappa shape index (κ1) is 19.7. The van der Waals surface area contributed by atoms with Crippen LogP contribution in [-0.4, -0.2) is 24.0 Å². The summed E-state index contributed by atoms with van der Waals surface area (Å²) in [5.74, 6) is -0.341. The molecular formula is C22H24O6. The zero-order valence-corrected chi connectivity index (χ0v) is 16.7. The first-order valence-corrected chi connectivity index (χ1v) is 9.02. The molecule has 0 fully saturated rings. The van der Waals surface area contributed by atoms with Crippen LogP contribution in [0, 0.1) is 12.3 Å². The van der Waals surface area contributed by atoms with Gasteiger partial charge in [0.1, 0.15) is 23.7 Å². The third kappa shape index (κ3) is 3.81. The molecule has 0 bridgehead atoms. The maximum atomic E-state index is 12.8. The second kappa shape index (κ2) is 7.19. The van der Waals surface area contributed by atoms with Gasteiger partial charge in [0.05, 0.1) is 12.7 Å². The quantitative estimate of drug-likeness (QED) is 0.605. The highest BCUT2D eigenvalue weighted by atomic mass is 16.5. The van der Waals surface area contributed by atoms with Gasteiger partial charge in [0, 0.05) is 12.0 Å². The third-order valence-corrected chi connectivity index (χ3v) is 4.38. The molecule has 148 valence electrons. The lowest BCUT2D eigenvalue weighted by Gasteiger charge is -2.22. The van der Waals surface area contributed by atoms with Crippen LogP contribution in [0.5, 0.6) is 23.0 Å². The van der Waals surface area contributed by atoms with E-state index in [4.69, 9.17) is 14.2 Å². The zero-order chi connectivity index (χ0) is 20.6. The van der Waals surface area contributed by atoms with E-state index >= 15 is 0 Å². The average molecular weight is 384 g/mol. The van der Waals surface area contributed by atoms with Gasteiger partial charge in [0.25, 0.3) is 0 Å². The lowest BCUT2D eigenvalue weighted by molar-refractivity contribution is 0.0454. The van der Waals surface area contributed by atoms with Gasteiger partial charge in [0.15, 0.2) is 17.3 Å². The summed E-state index contributed by atoms with van der Waals surface area (Å²) in [6, 6.07) is 6.46. The van der Waals surface area contributed by atoms with Gasteiger partial charge >= 0.3 is 5.97 Å². The van der Waals surface area contributed by atoms with Gasteiger partial charge in [-0.15, -0.1) is 0 Å². The highest BCUT2D eigenvalue weighted by Crippen LogP contribution is 2.43. The van der Waals surface area contributed by atoms with Crippen LogP contribution in [0.3, 0.4) is 0 Å². The lowest BCUT2D eigenvalue weighted by atomic mass is 9.87. The second-order valence-electron chi connectivity index (χ2n) is 8.13. The summed E-state index contributed by atoms with van der Waals surface area (Å²) in [5, 5.41) is 10.3. The van der Waals surface area contributed by atoms with Crippen molar-refractivity contribution < 1.29 is 28.9 Å². The Morgan fingerprint density at radius 1 is 1.25 bits per heavy atom. The minimum Gasteiger partial charge on any atom is -0.504 e. The summed E-state index contributed by atoms with van der Waals surface area (Å²) in [7, 11) is 1.39. The van der Waals surface area contributed by atoms with Crippen LogP contribution < -0.4 is 9.47 Å². The predicted molar refractivity (Wildman–Crippen MR) is 103 cm³/mol. The van der Waals surface area contributed by atoms with Crippen molar-refractivity contribution in [2.24, 2.45) is 5.41 Å². The van der Waals surface area contributed by atoms with Crippen LogP contribution in [-0.2, 0) is 11.3 Å². The molecule has 6 heteroatoms. The molecule has 2 aromatic carbocycles. The van der Waals surface area contributed by atoms with Gasteiger partial charge in [-0.1, -0.05) is 20.8 Å². The smallest absolute Gasteiger partial charge is 0.346 e. The maximum absolute atomic E-state index is 12.8. The number of carbonyl (C=O) groups is 2. The molecule has 0 aliphatic carbocycles. The highest BCUT2D eigenvalue weighted by Gasteiger charge is 2.30. The fourth-order valence-electron chi connectivity index (χ4n) is 3.23. The molecule has 0 saturated heterocycles. The number of hydrogen-bond acceptors (Lipinski definition) is 6. The fourth-order valence-corrected chi connectivity index (χ4v) is 3.23. The first-order chi connectivity index (χ1) is 13.1. The van der Waals surface area contributed by atoms with Gasteiger partial charge < -0.3 is 19.3 Å². The molecule has 0 saturated carbocycles. The van der Waals surface area contributed by atoms with Crippen LogP contribution in [0.25, 0.3) is 0 Å². The van der Waals surface area contributed by atoms with Crippen molar-refractivity contribution in [2.75, 3.05) is 7.11 Å². The number of methoxy groups -OCH3 is 1. The number of ether oxygens (including phenoxy) is 3. The summed E-state index contributed by atoms with van der Waals surface area (Å²) in [4.78, 5) is 25.5. The SMILES string of the molecule is COc1c(C(=O)CC(C)(C)C)ccc2c1C(=O)OCc1cc(C)cc(O)c1O2. The van der Waals surface area contributed by atoms with E-state index in [2.05, 4.69) is 0 Å². The Kier molecular flexibility index (Phi) is 5.06. The molecule has 1 N–H and O–H groups in total. The Balaban J connectivity index is 2.13. The van der Waals surface area contributed by atoms with E-state index in [9.17, 15) is 14.7 Å². The lowest BCUT2D eigenvalue weighted by Crippen LogP contribution is -2.17. The van der Waals surface area contributed by atoms with Crippen molar-refractivity contribution in [1.29, 1.82) is 0 Å². The normalized spacial score (nSPS) is 13.4. The van der Waals surface area contributed by atoms with E-state index in [1.165, 1.54) is 13.2 Å². The number of aryl methyl sites for hydroxylation is 1. The number of rotatable bonds is 3. The molecule has 3 rings (SSSR count). The number of phenolic OH excluding ortho intramolecular Hbond substituents is 1. The highest BCUT2D eigenvalue weighted by molar-refractivity contribution is 6.05.